The van der Waals surface area contributed by atoms with Crippen LogP contribution in [-0.2, 0) is 7.05 Å². The molecule has 0 atom stereocenters. The zero-order valence-electron chi connectivity index (χ0n) is 11.8. The Morgan fingerprint density at radius 3 is 2.40 bits per heavy atom. The van der Waals surface area contributed by atoms with E-state index in [4.69, 9.17) is 5.73 Å². The minimum absolute atomic E-state index is 0.703. The fourth-order valence-corrected chi connectivity index (χ4v) is 3.17. The number of hydrogen-bond donors (Lipinski definition) is 1. The number of aryl methyl sites for hydroxylation is 3. The van der Waals surface area contributed by atoms with E-state index in [1.165, 1.54) is 11.1 Å². The lowest BCUT2D eigenvalue weighted by atomic mass is 10.00. The average Bonchev–Trinajstić information content (AvgIpc) is 2.96. The van der Waals surface area contributed by atoms with E-state index < -0.39 is 0 Å². The molecule has 3 nitrogen and oxygen atoms in total. The van der Waals surface area contributed by atoms with E-state index in [2.05, 4.69) is 54.0 Å². The highest BCUT2D eigenvalue weighted by atomic mass is 32.1. The molecule has 0 aliphatic carbocycles. The van der Waals surface area contributed by atoms with Crippen molar-refractivity contribution in [1.82, 2.24) is 9.78 Å². The summed E-state index contributed by atoms with van der Waals surface area (Å²) in [6, 6.07) is 8.42. The van der Waals surface area contributed by atoms with Gasteiger partial charge in [0, 0.05) is 18.0 Å². The number of anilines is 1. The van der Waals surface area contributed by atoms with Gasteiger partial charge in [0.25, 0.3) is 0 Å². The van der Waals surface area contributed by atoms with Crippen molar-refractivity contribution in [2.75, 3.05) is 5.73 Å². The summed E-state index contributed by atoms with van der Waals surface area (Å²) >= 11 is 1.69. The first kappa shape index (κ1) is 12.9. The molecule has 20 heavy (non-hydrogen) atoms. The van der Waals surface area contributed by atoms with Gasteiger partial charge in [0.15, 0.2) is 0 Å². The number of benzene rings is 1. The highest BCUT2D eigenvalue weighted by molar-refractivity contribution is 7.08. The average molecular weight is 283 g/mol. The van der Waals surface area contributed by atoms with Crippen molar-refractivity contribution in [3.8, 4) is 22.4 Å². The molecule has 0 bridgehead atoms. The van der Waals surface area contributed by atoms with Crippen molar-refractivity contribution in [1.29, 1.82) is 0 Å². The van der Waals surface area contributed by atoms with E-state index in [0.29, 0.717) is 5.82 Å². The third-order valence-electron chi connectivity index (χ3n) is 3.54. The lowest BCUT2D eigenvalue weighted by Gasteiger charge is -2.05. The van der Waals surface area contributed by atoms with Crippen molar-refractivity contribution < 1.29 is 0 Å². The Balaban J connectivity index is 2.25. The van der Waals surface area contributed by atoms with Crippen LogP contribution >= 0.6 is 11.3 Å². The maximum atomic E-state index is 6.23. The molecule has 0 spiro atoms. The van der Waals surface area contributed by atoms with Crippen molar-refractivity contribution in [3.63, 3.8) is 0 Å². The number of nitrogen functional groups attached to an aromatic ring is 1. The van der Waals surface area contributed by atoms with E-state index in [1.807, 2.05) is 7.05 Å². The number of aromatic nitrogens is 2. The maximum absolute atomic E-state index is 6.23. The van der Waals surface area contributed by atoms with Crippen LogP contribution in [0.15, 0.2) is 35.0 Å². The third-order valence-corrected chi connectivity index (χ3v) is 4.40. The first-order valence-electron chi connectivity index (χ1n) is 6.50. The summed E-state index contributed by atoms with van der Waals surface area (Å²) in [4.78, 5) is 0. The largest absolute Gasteiger partial charge is 0.383 e. The van der Waals surface area contributed by atoms with Crippen molar-refractivity contribution in [2.45, 2.75) is 13.8 Å². The Bertz CT molecular complexity index is 751. The molecule has 0 radical (unpaired) electrons. The Morgan fingerprint density at radius 1 is 1.10 bits per heavy atom. The fourth-order valence-electron chi connectivity index (χ4n) is 2.33. The Labute approximate surface area is 122 Å². The van der Waals surface area contributed by atoms with Crippen LogP contribution < -0.4 is 5.73 Å². The molecular formula is C16H17N3S. The van der Waals surface area contributed by atoms with Gasteiger partial charge in [-0.1, -0.05) is 29.8 Å². The first-order chi connectivity index (χ1) is 9.58. The maximum Gasteiger partial charge on any atom is 0.129 e. The Morgan fingerprint density at radius 2 is 1.80 bits per heavy atom. The number of hydrogen-bond acceptors (Lipinski definition) is 3. The number of thiophene rings is 1. The van der Waals surface area contributed by atoms with Gasteiger partial charge in [-0.2, -0.15) is 16.4 Å². The van der Waals surface area contributed by atoms with Crippen molar-refractivity contribution in [3.05, 3.63) is 46.2 Å². The lowest BCUT2D eigenvalue weighted by molar-refractivity contribution is 0.782. The van der Waals surface area contributed by atoms with Crippen LogP contribution in [0, 0.1) is 13.8 Å². The Kier molecular flexibility index (Phi) is 3.10. The molecule has 1 aromatic carbocycles. The van der Waals surface area contributed by atoms with Gasteiger partial charge in [0.1, 0.15) is 11.5 Å². The van der Waals surface area contributed by atoms with Gasteiger partial charge in [0.05, 0.1) is 5.56 Å². The van der Waals surface area contributed by atoms with Gasteiger partial charge in [-0.3, -0.25) is 4.68 Å². The number of nitrogens with zero attached hydrogens (tertiary/aromatic N) is 2. The lowest BCUT2D eigenvalue weighted by Crippen LogP contribution is -1.97. The molecule has 2 aromatic heterocycles. The predicted molar refractivity (Wildman–Crippen MR) is 85.8 cm³/mol. The molecule has 2 heterocycles. The number of nitrogens with two attached hydrogens (primary N) is 1. The van der Waals surface area contributed by atoms with Gasteiger partial charge in [-0.25, -0.2) is 0 Å². The summed E-state index contributed by atoms with van der Waals surface area (Å²) in [7, 11) is 1.89. The van der Waals surface area contributed by atoms with Gasteiger partial charge >= 0.3 is 0 Å². The van der Waals surface area contributed by atoms with E-state index >= 15 is 0 Å². The molecule has 0 saturated carbocycles. The summed E-state index contributed by atoms with van der Waals surface area (Å²) in [6.45, 7) is 4.19. The molecule has 0 fully saturated rings. The molecule has 3 rings (SSSR count). The first-order valence-corrected chi connectivity index (χ1v) is 7.45. The highest BCUT2D eigenvalue weighted by Crippen LogP contribution is 2.38. The fraction of sp³-hybridized carbons (Fsp3) is 0.188. The summed E-state index contributed by atoms with van der Waals surface area (Å²) in [6.07, 6.45) is 0. The Hall–Kier alpha value is -2.07. The number of rotatable bonds is 2. The second kappa shape index (κ2) is 4.80. The molecule has 0 aliphatic heterocycles. The predicted octanol–water partition coefficient (Wildman–Crippen LogP) is 4.01. The summed E-state index contributed by atoms with van der Waals surface area (Å²) in [5.41, 5.74) is 13.0. The van der Waals surface area contributed by atoms with E-state index in [-0.39, 0.29) is 0 Å². The van der Waals surface area contributed by atoms with Gasteiger partial charge in [-0.15, -0.1) is 0 Å². The van der Waals surface area contributed by atoms with E-state index in [9.17, 15) is 0 Å². The smallest absolute Gasteiger partial charge is 0.129 e. The highest BCUT2D eigenvalue weighted by Gasteiger charge is 2.18. The topological polar surface area (TPSA) is 43.8 Å². The summed E-state index contributed by atoms with van der Waals surface area (Å²) in [5.74, 6) is 0.703. The van der Waals surface area contributed by atoms with Crippen LogP contribution in [0.25, 0.3) is 22.4 Å². The molecule has 0 aliphatic rings. The molecule has 3 aromatic rings. The van der Waals surface area contributed by atoms with E-state index in [0.717, 1.165) is 22.4 Å². The van der Waals surface area contributed by atoms with Crippen LogP contribution in [0.2, 0.25) is 0 Å². The van der Waals surface area contributed by atoms with Crippen molar-refractivity contribution >= 4 is 17.2 Å². The summed E-state index contributed by atoms with van der Waals surface area (Å²) < 4.78 is 1.75. The van der Waals surface area contributed by atoms with Gasteiger partial charge < -0.3 is 5.73 Å². The monoisotopic (exact) mass is 283 g/mol. The third kappa shape index (κ3) is 2.02. The van der Waals surface area contributed by atoms with Crippen LogP contribution in [0.5, 0.6) is 0 Å². The van der Waals surface area contributed by atoms with Crippen LogP contribution in [0.3, 0.4) is 0 Å². The molecule has 0 amide bonds. The SMILES string of the molecule is Cc1ccc(-c2c(-c3cscc3C)nn(C)c2N)cc1. The normalized spacial score (nSPS) is 10.9. The molecular weight excluding hydrogens is 266 g/mol. The van der Waals surface area contributed by atoms with Gasteiger partial charge in [-0.05, 0) is 30.4 Å². The van der Waals surface area contributed by atoms with Crippen LogP contribution in [-0.4, -0.2) is 9.78 Å². The minimum atomic E-state index is 0.703. The molecule has 2 N–H and O–H groups in total. The molecule has 0 unspecified atom stereocenters. The summed E-state index contributed by atoms with van der Waals surface area (Å²) in [5, 5.41) is 8.88. The van der Waals surface area contributed by atoms with Crippen molar-refractivity contribution in [2.24, 2.45) is 7.05 Å². The standard InChI is InChI=1S/C16H17N3S/c1-10-4-6-12(7-5-10)14-15(18-19(3)16(14)17)13-9-20-8-11(13)2/h4-9H,17H2,1-3H3. The zero-order valence-corrected chi connectivity index (χ0v) is 12.7. The van der Waals surface area contributed by atoms with E-state index in [1.54, 1.807) is 16.0 Å². The second-order valence-corrected chi connectivity index (χ2v) is 5.81. The van der Waals surface area contributed by atoms with Crippen LogP contribution in [0.4, 0.5) is 5.82 Å². The molecule has 0 saturated heterocycles. The minimum Gasteiger partial charge on any atom is -0.383 e. The quantitative estimate of drug-likeness (QED) is 0.772. The zero-order chi connectivity index (χ0) is 14.3. The molecule has 102 valence electrons. The van der Waals surface area contributed by atoms with Gasteiger partial charge in [0.2, 0.25) is 0 Å². The second-order valence-electron chi connectivity index (χ2n) is 5.07. The van der Waals surface area contributed by atoms with Crippen LogP contribution in [0.1, 0.15) is 11.1 Å². The molecule has 4 heteroatoms.